The SMILES string of the molecule is CCOC(=O)c1ccc(NC(=O)Cn2cc(C(=O)c3ccncc3)c(=O)c3cc(C)c(C)cc32)cc1. The van der Waals surface area contributed by atoms with E-state index in [2.05, 4.69) is 10.3 Å². The third-order valence-electron chi connectivity index (χ3n) is 5.88. The minimum Gasteiger partial charge on any atom is -0.462 e. The molecule has 0 saturated heterocycles. The van der Waals surface area contributed by atoms with Crippen LogP contribution in [0.25, 0.3) is 10.9 Å². The van der Waals surface area contributed by atoms with Crippen LogP contribution in [0.15, 0.2) is 71.9 Å². The van der Waals surface area contributed by atoms with Crippen molar-refractivity contribution in [3.05, 3.63) is 105 Å². The van der Waals surface area contributed by atoms with Gasteiger partial charge in [0.2, 0.25) is 11.3 Å². The Morgan fingerprint density at radius 2 is 1.61 bits per heavy atom. The first-order chi connectivity index (χ1) is 17.3. The van der Waals surface area contributed by atoms with E-state index in [1.165, 1.54) is 18.6 Å². The number of pyridine rings is 2. The monoisotopic (exact) mass is 483 g/mol. The second-order valence-electron chi connectivity index (χ2n) is 8.36. The van der Waals surface area contributed by atoms with Gasteiger partial charge in [-0.1, -0.05) is 0 Å². The Hall–Kier alpha value is -4.59. The van der Waals surface area contributed by atoms with Crippen LogP contribution in [-0.4, -0.2) is 33.8 Å². The maximum Gasteiger partial charge on any atom is 0.338 e. The minimum absolute atomic E-state index is 0.0245. The number of nitrogens with zero attached hydrogens (tertiary/aromatic N) is 2. The summed E-state index contributed by atoms with van der Waals surface area (Å²) in [5, 5.41) is 3.16. The number of hydrogen-bond acceptors (Lipinski definition) is 6. The van der Waals surface area contributed by atoms with E-state index in [0.29, 0.717) is 27.7 Å². The molecule has 8 nitrogen and oxygen atoms in total. The van der Waals surface area contributed by atoms with Crippen molar-refractivity contribution in [1.29, 1.82) is 0 Å². The highest BCUT2D eigenvalue weighted by Crippen LogP contribution is 2.20. The molecule has 0 atom stereocenters. The molecule has 2 aromatic heterocycles. The quantitative estimate of drug-likeness (QED) is 0.314. The predicted molar refractivity (Wildman–Crippen MR) is 136 cm³/mol. The first-order valence-electron chi connectivity index (χ1n) is 11.4. The molecule has 0 aliphatic heterocycles. The van der Waals surface area contributed by atoms with Crippen LogP contribution in [0.2, 0.25) is 0 Å². The van der Waals surface area contributed by atoms with E-state index in [1.807, 2.05) is 19.9 Å². The Morgan fingerprint density at radius 1 is 0.944 bits per heavy atom. The van der Waals surface area contributed by atoms with Crippen molar-refractivity contribution in [2.75, 3.05) is 11.9 Å². The molecule has 0 unspecified atom stereocenters. The molecule has 0 aliphatic rings. The summed E-state index contributed by atoms with van der Waals surface area (Å²) < 4.78 is 6.58. The summed E-state index contributed by atoms with van der Waals surface area (Å²) in [5.74, 6) is -1.23. The summed E-state index contributed by atoms with van der Waals surface area (Å²) in [6, 6.07) is 13.0. The van der Waals surface area contributed by atoms with Gasteiger partial charge in [0.25, 0.3) is 0 Å². The molecule has 0 saturated carbocycles. The zero-order valence-electron chi connectivity index (χ0n) is 20.2. The molecule has 4 rings (SSSR count). The van der Waals surface area contributed by atoms with Crippen molar-refractivity contribution in [2.45, 2.75) is 27.3 Å². The lowest BCUT2D eigenvalue weighted by Gasteiger charge is -2.15. The first kappa shape index (κ1) is 24.5. The van der Waals surface area contributed by atoms with Gasteiger partial charge in [-0.25, -0.2) is 4.79 Å². The number of hydrogen-bond donors (Lipinski definition) is 1. The molecule has 0 fully saturated rings. The van der Waals surface area contributed by atoms with Crippen LogP contribution >= 0.6 is 0 Å². The number of rotatable bonds is 7. The van der Waals surface area contributed by atoms with Crippen LogP contribution < -0.4 is 10.7 Å². The smallest absolute Gasteiger partial charge is 0.338 e. The minimum atomic E-state index is -0.439. The molecular formula is C28H25N3O5. The van der Waals surface area contributed by atoms with Crippen LogP contribution in [0.4, 0.5) is 5.69 Å². The molecule has 8 heteroatoms. The average molecular weight is 484 g/mol. The second-order valence-corrected chi connectivity index (χ2v) is 8.36. The Morgan fingerprint density at radius 3 is 2.28 bits per heavy atom. The van der Waals surface area contributed by atoms with E-state index in [1.54, 1.807) is 54.0 Å². The zero-order chi connectivity index (χ0) is 25.8. The number of carbonyl (C=O) groups excluding carboxylic acids is 3. The summed E-state index contributed by atoms with van der Waals surface area (Å²) >= 11 is 0. The van der Waals surface area contributed by atoms with Crippen LogP contribution in [0.3, 0.4) is 0 Å². The molecule has 36 heavy (non-hydrogen) atoms. The average Bonchev–Trinajstić information content (AvgIpc) is 2.87. The topological polar surface area (TPSA) is 107 Å². The van der Waals surface area contributed by atoms with Crippen molar-refractivity contribution >= 4 is 34.3 Å². The van der Waals surface area contributed by atoms with E-state index in [9.17, 15) is 19.2 Å². The largest absolute Gasteiger partial charge is 0.462 e. The van der Waals surface area contributed by atoms with E-state index in [-0.39, 0.29) is 30.1 Å². The second kappa shape index (κ2) is 10.4. The number of anilines is 1. The number of ketones is 1. The lowest BCUT2D eigenvalue weighted by atomic mass is 10.0. The molecule has 0 aliphatic carbocycles. The molecule has 4 aromatic rings. The predicted octanol–water partition coefficient (Wildman–Crippen LogP) is 4.06. The van der Waals surface area contributed by atoms with Crippen molar-refractivity contribution in [3.63, 3.8) is 0 Å². The summed E-state index contributed by atoms with van der Waals surface area (Å²) in [4.78, 5) is 55.1. The first-order valence-corrected chi connectivity index (χ1v) is 11.4. The van der Waals surface area contributed by atoms with Crippen molar-refractivity contribution < 1.29 is 19.1 Å². The normalized spacial score (nSPS) is 10.8. The number of aryl methyl sites for hydroxylation is 2. The van der Waals surface area contributed by atoms with Gasteiger partial charge in [-0.15, -0.1) is 0 Å². The Kier molecular flexibility index (Phi) is 7.05. The number of esters is 1. The lowest BCUT2D eigenvalue weighted by Crippen LogP contribution is -2.24. The lowest BCUT2D eigenvalue weighted by molar-refractivity contribution is -0.116. The fourth-order valence-electron chi connectivity index (χ4n) is 3.86. The number of benzene rings is 2. The molecule has 1 N–H and O–H groups in total. The fraction of sp³-hybridized carbons (Fsp3) is 0.179. The van der Waals surface area contributed by atoms with Crippen molar-refractivity contribution in [3.8, 4) is 0 Å². The molecule has 2 aromatic carbocycles. The van der Waals surface area contributed by atoms with Crippen LogP contribution in [0, 0.1) is 13.8 Å². The maximum atomic E-state index is 13.3. The van der Waals surface area contributed by atoms with Gasteiger partial charge in [-0.2, -0.15) is 0 Å². The highest BCUT2D eigenvalue weighted by Gasteiger charge is 2.19. The Labute approximate surface area is 207 Å². The zero-order valence-corrected chi connectivity index (χ0v) is 20.2. The number of nitrogens with one attached hydrogen (secondary N) is 1. The number of ether oxygens (including phenoxy) is 1. The van der Waals surface area contributed by atoms with Gasteiger partial charge in [0, 0.05) is 35.2 Å². The highest BCUT2D eigenvalue weighted by molar-refractivity contribution is 6.10. The van der Waals surface area contributed by atoms with Crippen LogP contribution in [0.1, 0.15) is 44.3 Å². The molecule has 0 bridgehead atoms. The standard InChI is InChI=1S/C28H25N3O5/c1-4-36-28(35)20-5-7-21(8-6-20)30-25(32)16-31-15-23(26(33)19-9-11-29-12-10-19)27(34)22-13-17(2)18(3)14-24(22)31/h5-15H,4,16H2,1-3H3,(H,30,32). The van der Waals surface area contributed by atoms with Crippen LogP contribution in [-0.2, 0) is 16.1 Å². The van der Waals surface area contributed by atoms with E-state index in [4.69, 9.17) is 4.74 Å². The van der Waals surface area contributed by atoms with Gasteiger partial charge >= 0.3 is 5.97 Å². The maximum absolute atomic E-state index is 13.3. The van der Waals surface area contributed by atoms with Gasteiger partial charge in [0.1, 0.15) is 6.54 Å². The van der Waals surface area contributed by atoms with Gasteiger partial charge in [-0.05, 0) is 80.4 Å². The van der Waals surface area contributed by atoms with Crippen molar-refractivity contribution in [2.24, 2.45) is 0 Å². The summed E-state index contributed by atoms with van der Waals surface area (Å²) in [7, 11) is 0. The van der Waals surface area contributed by atoms with Gasteiger partial charge in [0.05, 0.1) is 23.3 Å². The summed E-state index contributed by atoms with van der Waals surface area (Å²) in [6.45, 7) is 5.68. The van der Waals surface area contributed by atoms with Gasteiger partial charge in [0.15, 0.2) is 5.78 Å². The van der Waals surface area contributed by atoms with E-state index < -0.39 is 11.8 Å². The molecule has 1 amide bonds. The summed E-state index contributed by atoms with van der Waals surface area (Å²) in [5.41, 5.74) is 3.23. The summed E-state index contributed by atoms with van der Waals surface area (Å²) in [6.07, 6.45) is 4.41. The highest BCUT2D eigenvalue weighted by atomic mass is 16.5. The molecule has 0 spiro atoms. The molecule has 2 heterocycles. The molecule has 182 valence electrons. The van der Waals surface area contributed by atoms with Crippen LogP contribution in [0.5, 0.6) is 0 Å². The number of amides is 1. The van der Waals surface area contributed by atoms with E-state index >= 15 is 0 Å². The number of carbonyl (C=O) groups is 3. The number of fused-ring (bicyclic) bond motifs is 1. The molecule has 0 radical (unpaired) electrons. The fourth-order valence-corrected chi connectivity index (χ4v) is 3.86. The third kappa shape index (κ3) is 5.07. The van der Waals surface area contributed by atoms with E-state index in [0.717, 1.165) is 11.1 Å². The van der Waals surface area contributed by atoms with Gasteiger partial charge in [-0.3, -0.25) is 19.4 Å². The Bertz CT molecular complexity index is 1520. The Balaban J connectivity index is 1.68. The van der Waals surface area contributed by atoms with Crippen molar-refractivity contribution in [1.82, 2.24) is 9.55 Å². The van der Waals surface area contributed by atoms with Gasteiger partial charge < -0.3 is 14.6 Å². The molecular weight excluding hydrogens is 458 g/mol. The third-order valence-corrected chi connectivity index (χ3v) is 5.88. The number of aromatic nitrogens is 2.